The fourth-order valence-corrected chi connectivity index (χ4v) is 4.74. The van der Waals surface area contributed by atoms with E-state index < -0.39 is 16.1 Å². The molecule has 3 aromatic carbocycles. The molecule has 1 N–H and O–H groups in total. The first-order chi connectivity index (χ1) is 15.4. The molecule has 0 radical (unpaired) electrons. The molecule has 0 aromatic heterocycles. The maximum absolute atomic E-state index is 13.4. The molecule has 0 saturated heterocycles. The van der Waals surface area contributed by atoms with Crippen molar-refractivity contribution in [2.24, 2.45) is 5.10 Å². The number of anilines is 1. The van der Waals surface area contributed by atoms with Crippen LogP contribution in [0.25, 0.3) is 0 Å². The van der Waals surface area contributed by atoms with E-state index in [9.17, 15) is 17.6 Å². The largest absolute Gasteiger partial charge is 0.279 e. The maximum atomic E-state index is 13.4. The van der Waals surface area contributed by atoms with E-state index in [-0.39, 0.29) is 23.0 Å². The van der Waals surface area contributed by atoms with Crippen LogP contribution in [0.15, 0.2) is 88.9 Å². The van der Waals surface area contributed by atoms with Crippen molar-refractivity contribution in [2.75, 3.05) is 4.72 Å². The smallest absolute Gasteiger partial charge is 0.261 e. The Hall–Kier alpha value is -3.52. The van der Waals surface area contributed by atoms with E-state index in [1.165, 1.54) is 29.3 Å². The number of hydrogen-bond acceptors (Lipinski definition) is 4. The zero-order valence-corrected chi connectivity index (χ0v) is 18.2. The molecular weight excluding hydrogens is 429 g/mol. The van der Waals surface area contributed by atoms with Crippen LogP contribution < -0.4 is 4.72 Å². The van der Waals surface area contributed by atoms with Crippen molar-refractivity contribution < 1.29 is 17.6 Å². The number of nitrogens with one attached hydrogen (secondary N) is 1. The minimum atomic E-state index is -3.80. The number of carbonyl (C=O) groups excluding carboxylic acids is 1. The number of hydrazone groups is 1. The predicted molar refractivity (Wildman–Crippen MR) is 121 cm³/mol. The van der Waals surface area contributed by atoms with Crippen molar-refractivity contribution in [1.29, 1.82) is 0 Å². The van der Waals surface area contributed by atoms with Crippen molar-refractivity contribution >= 4 is 27.3 Å². The Balaban J connectivity index is 1.69. The lowest BCUT2D eigenvalue weighted by Crippen LogP contribution is -2.26. The van der Waals surface area contributed by atoms with Gasteiger partial charge in [0, 0.05) is 18.4 Å². The molecule has 32 heavy (non-hydrogen) atoms. The molecule has 8 heteroatoms. The number of carbonyl (C=O) groups is 1. The number of sulfonamides is 1. The van der Waals surface area contributed by atoms with E-state index in [2.05, 4.69) is 9.82 Å². The normalized spacial score (nSPS) is 16.0. The second-order valence-corrected chi connectivity index (χ2v) is 9.06. The molecule has 0 spiro atoms. The number of rotatable bonds is 6. The highest BCUT2D eigenvalue weighted by atomic mass is 32.2. The highest BCUT2D eigenvalue weighted by molar-refractivity contribution is 7.92. The van der Waals surface area contributed by atoms with Crippen molar-refractivity contribution in [2.45, 2.75) is 30.7 Å². The lowest BCUT2D eigenvalue weighted by atomic mass is 9.97. The highest BCUT2D eigenvalue weighted by Gasteiger charge is 2.33. The summed E-state index contributed by atoms with van der Waals surface area (Å²) in [5.41, 5.74) is 2.30. The first kappa shape index (κ1) is 21.7. The van der Waals surface area contributed by atoms with Crippen molar-refractivity contribution in [3.05, 3.63) is 95.8 Å². The highest BCUT2D eigenvalue weighted by Crippen LogP contribution is 2.35. The van der Waals surface area contributed by atoms with Gasteiger partial charge in [0.1, 0.15) is 5.82 Å². The summed E-state index contributed by atoms with van der Waals surface area (Å²) in [6.45, 7) is 1.75. The zero-order valence-electron chi connectivity index (χ0n) is 17.4. The average Bonchev–Trinajstić information content (AvgIpc) is 3.25. The standard InChI is InChI=1S/C24H22FN3O3S/c1-2-24(29)28-23(17-12-14-18(25)15-13-17)16-22(26-28)20-10-6-7-11-21(20)27-32(30,31)19-8-4-3-5-9-19/h3-15,23,27H,2,16H2,1H3/t23-/m0/s1. The summed E-state index contributed by atoms with van der Waals surface area (Å²) in [7, 11) is -3.80. The Morgan fingerprint density at radius 2 is 1.69 bits per heavy atom. The molecule has 0 aliphatic carbocycles. The molecule has 0 unspecified atom stereocenters. The van der Waals surface area contributed by atoms with E-state index in [1.807, 2.05) is 0 Å². The van der Waals surface area contributed by atoms with Crippen LogP contribution in [0, 0.1) is 5.82 Å². The van der Waals surface area contributed by atoms with E-state index >= 15 is 0 Å². The van der Waals surface area contributed by atoms with Crippen molar-refractivity contribution in [1.82, 2.24) is 5.01 Å². The fraction of sp³-hybridized carbons (Fsp3) is 0.167. The van der Waals surface area contributed by atoms with Gasteiger partial charge in [0.25, 0.3) is 10.0 Å². The van der Waals surface area contributed by atoms with Crippen LogP contribution in [0.5, 0.6) is 0 Å². The number of amides is 1. The molecule has 0 fully saturated rings. The third kappa shape index (κ3) is 4.40. The van der Waals surface area contributed by atoms with Crippen LogP contribution in [0.1, 0.15) is 36.9 Å². The first-order valence-electron chi connectivity index (χ1n) is 10.2. The number of para-hydroxylation sites is 1. The third-order valence-electron chi connectivity index (χ3n) is 5.26. The van der Waals surface area contributed by atoms with Crippen LogP contribution in [0.4, 0.5) is 10.1 Å². The van der Waals surface area contributed by atoms with Gasteiger partial charge in [0.15, 0.2) is 0 Å². The van der Waals surface area contributed by atoms with Gasteiger partial charge in [0.05, 0.1) is 22.3 Å². The summed E-state index contributed by atoms with van der Waals surface area (Å²) in [5, 5.41) is 5.95. The first-order valence-corrected chi connectivity index (χ1v) is 11.7. The van der Waals surface area contributed by atoms with Gasteiger partial charge >= 0.3 is 0 Å². The minimum absolute atomic E-state index is 0.148. The molecule has 3 aromatic rings. The SMILES string of the molecule is CCC(=O)N1N=C(c2ccccc2NS(=O)(=O)c2ccccc2)C[C@H]1c1ccc(F)cc1. The molecular formula is C24H22FN3O3S. The van der Waals surface area contributed by atoms with Crippen molar-refractivity contribution in [3.8, 4) is 0 Å². The second kappa shape index (κ2) is 8.92. The molecule has 0 bridgehead atoms. The molecule has 1 heterocycles. The summed E-state index contributed by atoms with van der Waals surface area (Å²) in [6, 6.07) is 20.6. The van der Waals surface area contributed by atoms with Crippen molar-refractivity contribution in [3.63, 3.8) is 0 Å². The van der Waals surface area contributed by atoms with Gasteiger partial charge in [-0.15, -0.1) is 0 Å². The summed E-state index contributed by atoms with van der Waals surface area (Å²) >= 11 is 0. The summed E-state index contributed by atoms with van der Waals surface area (Å²) in [5.74, 6) is -0.529. The minimum Gasteiger partial charge on any atom is -0.279 e. The number of benzene rings is 3. The van der Waals surface area contributed by atoms with Gasteiger partial charge in [-0.1, -0.05) is 55.5 Å². The molecule has 0 saturated carbocycles. The fourth-order valence-electron chi connectivity index (χ4n) is 3.64. The number of hydrogen-bond donors (Lipinski definition) is 1. The topological polar surface area (TPSA) is 78.8 Å². The molecule has 1 aliphatic heterocycles. The van der Waals surface area contributed by atoms with E-state index in [0.29, 0.717) is 23.4 Å². The Bertz CT molecular complexity index is 1260. The van der Waals surface area contributed by atoms with E-state index in [0.717, 1.165) is 5.56 Å². The van der Waals surface area contributed by atoms with Gasteiger partial charge in [-0.05, 0) is 35.9 Å². The Morgan fingerprint density at radius 1 is 1.03 bits per heavy atom. The Labute approximate surface area is 186 Å². The monoisotopic (exact) mass is 451 g/mol. The van der Waals surface area contributed by atoms with Crippen LogP contribution in [0.3, 0.4) is 0 Å². The molecule has 4 rings (SSSR count). The van der Waals surface area contributed by atoms with Gasteiger partial charge < -0.3 is 0 Å². The van der Waals surface area contributed by atoms with Gasteiger partial charge in [-0.3, -0.25) is 9.52 Å². The van der Waals surface area contributed by atoms with Crippen LogP contribution in [-0.2, 0) is 14.8 Å². The lowest BCUT2D eigenvalue weighted by Gasteiger charge is -2.21. The Morgan fingerprint density at radius 3 is 2.38 bits per heavy atom. The van der Waals surface area contributed by atoms with Gasteiger partial charge in [-0.2, -0.15) is 5.10 Å². The predicted octanol–water partition coefficient (Wildman–Crippen LogP) is 4.71. The lowest BCUT2D eigenvalue weighted by molar-refractivity contribution is -0.132. The number of halogens is 1. The second-order valence-electron chi connectivity index (χ2n) is 7.37. The molecule has 1 aliphatic rings. The van der Waals surface area contributed by atoms with Crippen LogP contribution in [-0.4, -0.2) is 25.0 Å². The summed E-state index contributed by atoms with van der Waals surface area (Å²) in [4.78, 5) is 12.7. The molecule has 1 atom stereocenters. The maximum Gasteiger partial charge on any atom is 0.261 e. The quantitative estimate of drug-likeness (QED) is 0.589. The van der Waals surface area contributed by atoms with Gasteiger partial charge in [-0.25, -0.2) is 17.8 Å². The van der Waals surface area contributed by atoms with E-state index in [1.54, 1.807) is 61.5 Å². The van der Waals surface area contributed by atoms with E-state index in [4.69, 9.17) is 0 Å². The molecule has 164 valence electrons. The average molecular weight is 452 g/mol. The van der Waals surface area contributed by atoms with Gasteiger partial charge in [0.2, 0.25) is 5.91 Å². The zero-order chi connectivity index (χ0) is 22.7. The van der Waals surface area contributed by atoms with Crippen LogP contribution >= 0.6 is 0 Å². The summed E-state index contributed by atoms with van der Waals surface area (Å²) in [6.07, 6.45) is 0.637. The molecule has 1 amide bonds. The van der Waals surface area contributed by atoms with Crippen LogP contribution in [0.2, 0.25) is 0 Å². The third-order valence-corrected chi connectivity index (χ3v) is 6.64. The molecule has 6 nitrogen and oxygen atoms in total. The number of nitrogens with zero attached hydrogens (tertiary/aromatic N) is 2. The summed E-state index contributed by atoms with van der Waals surface area (Å²) < 4.78 is 41.8. The Kier molecular flexibility index (Phi) is 6.05.